The number of hydrogen-bond donors (Lipinski definition) is 0. The maximum atomic E-state index is 13.1. The Bertz CT molecular complexity index is 907. The minimum Gasteiger partial charge on any atom is -0.477 e. The van der Waals surface area contributed by atoms with E-state index in [4.69, 9.17) is 4.74 Å². The number of aromatic nitrogens is 4. The highest BCUT2D eigenvalue weighted by molar-refractivity contribution is 5.96. The second kappa shape index (κ2) is 6.51. The SMILES string of the molecule is CCOc1ncccc1C(=O)N1CCC[C@H]1c1nnc2ccccn12. The lowest BCUT2D eigenvalue weighted by atomic mass is 10.1. The topological polar surface area (TPSA) is 72.6 Å². The molecule has 1 aliphatic heterocycles. The molecule has 1 saturated heterocycles. The Hall–Kier alpha value is -2.96. The molecule has 0 saturated carbocycles. The van der Waals surface area contributed by atoms with E-state index >= 15 is 0 Å². The first-order chi connectivity index (χ1) is 12.3. The third kappa shape index (κ3) is 2.71. The van der Waals surface area contributed by atoms with Gasteiger partial charge in [0.05, 0.1) is 12.6 Å². The van der Waals surface area contributed by atoms with Crippen LogP contribution in [-0.4, -0.2) is 43.5 Å². The van der Waals surface area contributed by atoms with E-state index in [1.165, 1.54) is 0 Å². The van der Waals surface area contributed by atoms with Crippen molar-refractivity contribution < 1.29 is 9.53 Å². The minimum atomic E-state index is -0.0976. The summed E-state index contributed by atoms with van der Waals surface area (Å²) in [5.41, 5.74) is 1.28. The number of ether oxygens (including phenoxy) is 1. The second-order valence-corrected chi connectivity index (χ2v) is 5.93. The molecule has 0 bridgehead atoms. The molecule has 25 heavy (non-hydrogen) atoms. The van der Waals surface area contributed by atoms with Crippen LogP contribution in [0.15, 0.2) is 42.7 Å². The number of hydrogen-bond acceptors (Lipinski definition) is 5. The Balaban J connectivity index is 1.69. The van der Waals surface area contributed by atoms with Crippen LogP contribution >= 0.6 is 0 Å². The molecule has 3 aromatic rings. The Morgan fingerprint density at radius 2 is 2.20 bits per heavy atom. The number of carbonyl (C=O) groups excluding carboxylic acids is 1. The fourth-order valence-electron chi connectivity index (χ4n) is 3.33. The van der Waals surface area contributed by atoms with E-state index in [1.54, 1.807) is 18.3 Å². The summed E-state index contributed by atoms with van der Waals surface area (Å²) in [5.74, 6) is 1.10. The number of rotatable bonds is 4. The van der Waals surface area contributed by atoms with Gasteiger partial charge in [0.2, 0.25) is 5.88 Å². The van der Waals surface area contributed by atoms with Crippen LogP contribution in [-0.2, 0) is 0 Å². The summed E-state index contributed by atoms with van der Waals surface area (Å²) in [7, 11) is 0. The zero-order valence-electron chi connectivity index (χ0n) is 14.0. The Labute approximate surface area is 145 Å². The molecular formula is C18H19N5O2. The van der Waals surface area contributed by atoms with Gasteiger partial charge in [0.25, 0.3) is 5.91 Å². The number of fused-ring (bicyclic) bond motifs is 1. The molecule has 0 radical (unpaired) electrons. The summed E-state index contributed by atoms with van der Waals surface area (Å²) in [5, 5.41) is 8.55. The van der Waals surface area contributed by atoms with Crippen molar-refractivity contribution in [3.8, 4) is 5.88 Å². The maximum Gasteiger partial charge on any atom is 0.259 e. The lowest BCUT2D eigenvalue weighted by Crippen LogP contribution is -2.32. The standard InChI is InChI=1S/C18H19N5O2/c1-2-25-17-13(7-5-10-19-17)18(24)22-12-6-8-14(22)16-21-20-15-9-3-4-11-23(15)16/h3-5,7,9-11,14H,2,6,8,12H2,1H3/t14-/m0/s1. The fourth-order valence-corrected chi connectivity index (χ4v) is 3.33. The van der Waals surface area contributed by atoms with Crippen molar-refractivity contribution >= 4 is 11.6 Å². The van der Waals surface area contributed by atoms with Crippen LogP contribution in [0.25, 0.3) is 5.65 Å². The summed E-state index contributed by atoms with van der Waals surface area (Å²) in [6.45, 7) is 3.03. The van der Waals surface area contributed by atoms with Crippen LogP contribution in [0.4, 0.5) is 0 Å². The molecule has 0 N–H and O–H groups in total. The molecule has 0 aromatic carbocycles. The predicted molar refractivity (Wildman–Crippen MR) is 91.4 cm³/mol. The van der Waals surface area contributed by atoms with Crippen LogP contribution in [0.1, 0.15) is 42.0 Å². The average molecular weight is 337 g/mol. The Morgan fingerprint density at radius 3 is 3.08 bits per heavy atom. The van der Waals surface area contributed by atoms with E-state index in [0.29, 0.717) is 24.6 Å². The van der Waals surface area contributed by atoms with Gasteiger partial charge >= 0.3 is 0 Å². The van der Waals surface area contributed by atoms with Gasteiger partial charge in [0, 0.05) is 18.9 Å². The molecule has 128 valence electrons. The van der Waals surface area contributed by atoms with Gasteiger partial charge in [-0.25, -0.2) is 4.98 Å². The molecule has 0 unspecified atom stereocenters. The van der Waals surface area contributed by atoms with Gasteiger partial charge in [-0.2, -0.15) is 0 Å². The van der Waals surface area contributed by atoms with Gasteiger partial charge in [-0.15, -0.1) is 10.2 Å². The van der Waals surface area contributed by atoms with Gasteiger partial charge in [-0.1, -0.05) is 6.07 Å². The lowest BCUT2D eigenvalue weighted by molar-refractivity contribution is 0.0724. The highest BCUT2D eigenvalue weighted by Gasteiger charge is 2.35. The molecule has 1 aliphatic rings. The molecule has 7 nitrogen and oxygen atoms in total. The van der Waals surface area contributed by atoms with Crippen molar-refractivity contribution in [1.29, 1.82) is 0 Å². The molecule has 4 rings (SSSR count). The number of likely N-dealkylation sites (tertiary alicyclic amines) is 1. The van der Waals surface area contributed by atoms with Crippen LogP contribution in [0.5, 0.6) is 5.88 Å². The van der Waals surface area contributed by atoms with Gasteiger partial charge < -0.3 is 9.64 Å². The molecule has 1 amide bonds. The maximum absolute atomic E-state index is 13.1. The second-order valence-electron chi connectivity index (χ2n) is 5.93. The van der Waals surface area contributed by atoms with Crippen LogP contribution in [0.2, 0.25) is 0 Å². The van der Waals surface area contributed by atoms with Crippen LogP contribution in [0, 0.1) is 0 Å². The van der Waals surface area contributed by atoms with E-state index in [2.05, 4.69) is 15.2 Å². The van der Waals surface area contributed by atoms with Gasteiger partial charge in [-0.3, -0.25) is 9.20 Å². The number of amides is 1. The van der Waals surface area contributed by atoms with Crippen molar-refractivity contribution in [3.63, 3.8) is 0 Å². The van der Waals surface area contributed by atoms with E-state index in [0.717, 1.165) is 24.3 Å². The molecule has 1 atom stereocenters. The van der Waals surface area contributed by atoms with E-state index < -0.39 is 0 Å². The lowest BCUT2D eigenvalue weighted by Gasteiger charge is -2.24. The zero-order chi connectivity index (χ0) is 17.2. The van der Waals surface area contributed by atoms with Crippen molar-refractivity contribution in [2.45, 2.75) is 25.8 Å². The summed E-state index contributed by atoms with van der Waals surface area (Å²) in [4.78, 5) is 19.2. The predicted octanol–water partition coefficient (Wildman–Crippen LogP) is 2.50. The van der Waals surface area contributed by atoms with Crippen molar-refractivity contribution in [2.24, 2.45) is 0 Å². The first-order valence-corrected chi connectivity index (χ1v) is 8.48. The van der Waals surface area contributed by atoms with Gasteiger partial charge in [0.1, 0.15) is 5.56 Å². The van der Waals surface area contributed by atoms with E-state index in [-0.39, 0.29) is 11.9 Å². The number of pyridine rings is 2. The third-order valence-corrected chi connectivity index (χ3v) is 4.43. The van der Waals surface area contributed by atoms with Crippen molar-refractivity contribution in [1.82, 2.24) is 24.5 Å². The van der Waals surface area contributed by atoms with E-state index in [9.17, 15) is 4.79 Å². The summed E-state index contributed by atoms with van der Waals surface area (Å²) in [6, 6.07) is 9.20. The molecule has 7 heteroatoms. The third-order valence-electron chi connectivity index (χ3n) is 4.43. The Morgan fingerprint density at radius 1 is 1.28 bits per heavy atom. The molecular weight excluding hydrogens is 318 g/mol. The van der Waals surface area contributed by atoms with Crippen molar-refractivity contribution in [3.05, 3.63) is 54.1 Å². The monoisotopic (exact) mass is 337 g/mol. The smallest absolute Gasteiger partial charge is 0.259 e. The van der Waals surface area contributed by atoms with Crippen molar-refractivity contribution in [2.75, 3.05) is 13.2 Å². The highest BCUT2D eigenvalue weighted by atomic mass is 16.5. The zero-order valence-corrected chi connectivity index (χ0v) is 14.0. The highest BCUT2D eigenvalue weighted by Crippen LogP contribution is 2.33. The van der Waals surface area contributed by atoms with Gasteiger partial charge in [-0.05, 0) is 44.0 Å². The number of carbonyl (C=O) groups is 1. The quantitative estimate of drug-likeness (QED) is 0.731. The summed E-state index contributed by atoms with van der Waals surface area (Å²) >= 11 is 0. The number of nitrogens with zero attached hydrogens (tertiary/aromatic N) is 5. The first kappa shape index (κ1) is 15.6. The van der Waals surface area contributed by atoms with E-state index in [1.807, 2.05) is 40.6 Å². The largest absolute Gasteiger partial charge is 0.477 e. The van der Waals surface area contributed by atoms with Gasteiger partial charge in [0.15, 0.2) is 11.5 Å². The van der Waals surface area contributed by atoms with Crippen LogP contribution in [0.3, 0.4) is 0 Å². The summed E-state index contributed by atoms with van der Waals surface area (Å²) in [6.07, 6.45) is 5.37. The molecule has 0 spiro atoms. The first-order valence-electron chi connectivity index (χ1n) is 8.48. The fraction of sp³-hybridized carbons (Fsp3) is 0.333. The molecule has 4 heterocycles. The molecule has 3 aromatic heterocycles. The minimum absolute atomic E-state index is 0.0771. The average Bonchev–Trinajstić information content (AvgIpc) is 3.28. The summed E-state index contributed by atoms with van der Waals surface area (Å²) < 4.78 is 7.47. The normalized spacial score (nSPS) is 17.2. The Kier molecular flexibility index (Phi) is 4.05. The van der Waals surface area contributed by atoms with Crippen LogP contribution < -0.4 is 4.74 Å². The molecule has 1 fully saturated rings. The molecule has 0 aliphatic carbocycles.